The van der Waals surface area contributed by atoms with Crippen molar-refractivity contribution in [2.75, 3.05) is 5.32 Å². The summed E-state index contributed by atoms with van der Waals surface area (Å²) >= 11 is 0. The molecule has 1 saturated carbocycles. The van der Waals surface area contributed by atoms with Gasteiger partial charge in [-0.2, -0.15) is 18.4 Å². The topological polar surface area (TPSA) is 35.8 Å². The molecule has 0 radical (unpaired) electrons. The molecular formula is C12H11F3N2. The minimum absolute atomic E-state index is 0.0407. The van der Waals surface area contributed by atoms with E-state index in [-0.39, 0.29) is 11.6 Å². The Morgan fingerprint density at radius 3 is 2.53 bits per heavy atom. The first-order valence-corrected chi connectivity index (χ1v) is 5.29. The summed E-state index contributed by atoms with van der Waals surface area (Å²) in [6, 6.07) is 5.28. The normalized spacial score (nSPS) is 23.0. The highest BCUT2D eigenvalue weighted by molar-refractivity contribution is 5.60. The van der Waals surface area contributed by atoms with E-state index in [1.807, 2.05) is 6.92 Å². The number of nitrogens with zero attached hydrogens (tertiary/aromatic N) is 1. The Morgan fingerprint density at radius 1 is 1.41 bits per heavy atom. The lowest BCUT2D eigenvalue weighted by Gasteiger charge is -2.11. The van der Waals surface area contributed by atoms with Gasteiger partial charge in [0, 0.05) is 6.04 Å². The Bertz CT molecular complexity index is 474. The van der Waals surface area contributed by atoms with Crippen LogP contribution in [0.2, 0.25) is 0 Å². The molecule has 17 heavy (non-hydrogen) atoms. The largest absolute Gasteiger partial charge is 0.416 e. The molecule has 0 heterocycles. The molecular weight excluding hydrogens is 229 g/mol. The summed E-state index contributed by atoms with van der Waals surface area (Å²) in [7, 11) is 0. The lowest BCUT2D eigenvalue weighted by atomic mass is 10.1. The highest BCUT2D eigenvalue weighted by Crippen LogP contribution is 2.35. The third kappa shape index (κ3) is 2.52. The van der Waals surface area contributed by atoms with Gasteiger partial charge in [0.2, 0.25) is 0 Å². The average Bonchev–Trinajstić information content (AvgIpc) is 2.93. The number of nitrogens with one attached hydrogen (secondary N) is 1. The monoisotopic (exact) mass is 240 g/mol. The number of hydrogen-bond acceptors (Lipinski definition) is 2. The van der Waals surface area contributed by atoms with Gasteiger partial charge in [0.05, 0.1) is 16.8 Å². The number of nitriles is 1. The van der Waals surface area contributed by atoms with Crippen LogP contribution in [-0.2, 0) is 6.18 Å². The van der Waals surface area contributed by atoms with E-state index in [1.165, 1.54) is 6.07 Å². The fourth-order valence-electron chi connectivity index (χ4n) is 1.66. The molecule has 2 rings (SSSR count). The maximum Gasteiger partial charge on any atom is 0.416 e. The van der Waals surface area contributed by atoms with Gasteiger partial charge in [-0.25, -0.2) is 0 Å². The van der Waals surface area contributed by atoms with Crippen molar-refractivity contribution >= 4 is 5.69 Å². The minimum atomic E-state index is -4.41. The molecule has 2 unspecified atom stereocenters. The first-order chi connectivity index (χ1) is 7.91. The summed E-state index contributed by atoms with van der Waals surface area (Å²) in [6.45, 7) is 2.05. The molecule has 1 fully saturated rings. The first-order valence-electron chi connectivity index (χ1n) is 5.29. The molecule has 0 amide bonds. The molecule has 90 valence electrons. The van der Waals surface area contributed by atoms with Crippen molar-refractivity contribution in [3.8, 4) is 6.07 Å². The Balaban J connectivity index is 2.26. The number of halogens is 3. The maximum atomic E-state index is 12.4. The summed E-state index contributed by atoms with van der Waals surface area (Å²) in [5, 5.41) is 11.9. The molecule has 1 aliphatic rings. The number of rotatable bonds is 2. The molecule has 0 aliphatic heterocycles. The summed E-state index contributed by atoms with van der Waals surface area (Å²) in [5.74, 6) is 0.517. The highest BCUT2D eigenvalue weighted by Gasteiger charge is 2.34. The van der Waals surface area contributed by atoms with Crippen LogP contribution in [0, 0.1) is 17.2 Å². The van der Waals surface area contributed by atoms with Gasteiger partial charge in [0.1, 0.15) is 6.07 Å². The second-order valence-corrected chi connectivity index (χ2v) is 4.33. The van der Waals surface area contributed by atoms with Gasteiger partial charge in [-0.1, -0.05) is 6.92 Å². The highest BCUT2D eigenvalue weighted by atomic mass is 19.4. The van der Waals surface area contributed by atoms with Gasteiger partial charge < -0.3 is 5.32 Å². The van der Waals surface area contributed by atoms with E-state index in [1.54, 1.807) is 6.07 Å². The molecule has 1 N–H and O–H groups in total. The van der Waals surface area contributed by atoms with Crippen molar-refractivity contribution in [2.45, 2.75) is 25.6 Å². The lowest BCUT2D eigenvalue weighted by molar-refractivity contribution is -0.137. The summed E-state index contributed by atoms with van der Waals surface area (Å²) in [4.78, 5) is 0. The molecule has 1 aliphatic carbocycles. The molecule has 2 atom stereocenters. The second-order valence-electron chi connectivity index (χ2n) is 4.33. The van der Waals surface area contributed by atoms with E-state index < -0.39 is 11.7 Å². The van der Waals surface area contributed by atoms with Gasteiger partial charge in [-0.15, -0.1) is 0 Å². The predicted molar refractivity (Wildman–Crippen MR) is 57.4 cm³/mol. The van der Waals surface area contributed by atoms with Gasteiger partial charge in [-0.05, 0) is 30.5 Å². The number of anilines is 1. The van der Waals surface area contributed by atoms with Crippen LogP contribution >= 0.6 is 0 Å². The Labute approximate surface area is 97.1 Å². The van der Waals surface area contributed by atoms with E-state index in [4.69, 9.17) is 5.26 Å². The summed E-state index contributed by atoms with van der Waals surface area (Å²) in [6.07, 6.45) is -3.41. The SMILES string of the molecule is CC1CC1Nc1ccc(C(F)(F)F)cc1C#N. The van der Waals surface area contributed by atoms with E-state index in [9.17, 15) is 13.2 Å². The Morgan fingerprint density at radius 2 is 2.06 bits per heavy atom. The third-order valence-electron chi connectivity index (χ3n) is 2.92. The molecule has 1 aromatic rings. The van der Waals surface area contributed by atoms with E-state index in [0.29, 0.717) is 11.6 Å². The van der Waals surface area contributed by atoms with Crippen LogP contribution in [0.3, 0.4) is 0 Å². The van der Waals surface area contributed by atoms with Crippen molar-refractivity contribution in [1.29, 1.82) is 5.26 Å². The van der Waals surface area contributed by atoms with Crippen molar-refractivity contribution in [2.24, 2.45) is 5.92 Å². The molecule has 2 nitrogen and oxygen atoms in total. The molecule has 0 aromatic heterocycles. The molecule has 0 bridgehead atoms. The zero-order valence-electron chi connectivity index (χ0n) is 9.17. The zero-order chi connectivity index (χ0) is 12.6. The van der Waals surface area contributed by atoms with Crippen LogP contribution in [0.1, 0.15) is 24.5 Å². The van der Waals surface area contributed by atoms with Crippen LogP contribution in [-0.4, -0.2) is 6.04 Å². The van der Waals surface area contributed by atoms with Crippen LogP contribution < -0.4 is 5.32 Å². The average molecular weight is 240 g/mol. The lowest BCUT2D eigenvalue weighted by Crippen LogP contribution is -2.09. The molecule has 5 heteroatoms. The van der Waals surface area contributed by atoms with Crippen LogP contribution in [0.5, 0.6) is 0 Å². The van der Waals surface area contributed by atoms with Gasteiger partial charge >= 0.3 is 6.18 Å². The van der Waals surface area contributed by atoms with Crippen LogP contribution in [0.25, 0.3) is 0 Å². The quantitative estimate of drug-likeness (QED) is 0.860. The second kappa shape index (κ2) is 3.95. The van der Waals surface area contributed by atoms with Gasteiger partial charge in [0.15, 0.2) is 0 Å². The summed E-state index contributed by atoms with van der Waals surface area (Å²) in [5.41, 5.74) is -0.266. The van der Waals surface area contributed by atoms with Gasteiger partial charge in [-0.3, -0.25) is 0 Å². The van der Waals surface area contributed by atoms with E-state index in [0.717, 1.165) is 18.6 Å². The smallest absolute Gasteiger partial charge is 0.381 e. The van der Waals surface area contributed by atoms with Crippen molar-refractivity contribution in [3.05, 3.63) is 29.3 Å². The first kappa shape index (κ1) is 11.8. The minimum Gasteiger partial charge on any atom is -0.381 e. The molecule has 1 aromatic carbocycles. The van der Waals surface area contributed by atoms with E-state index >= 15 is 0 Å². The summed E-state index contributed by atoms with van der Waals surface area (Å²) < 4.78 is 37.3. The number of hydrogen-bond donors (Lipinski definition) is 1. The fourth-order valence-corrected chi connectivity index (χ4v) is 1.66. The Kier molecular flexibility index (Phi) is 2.74. The third-order valence-corrected chi connectivity index (χ3v) is 2.92. The standard InChI is InChI=1S/C12H11F3N2/c1-7-4-11(7)17-10-3-2-9(12(13,14)15)5-8(10)6-16/h2-3,5,7,11,17H,4H2,1H3. The molecule has 0 spiro atoms. The maximum absolute atomic E-state index is 12.4. The zero-order valence-corrected chi connectivity index (χ0v) is 9.17. The fraction of sp³-hybridized carbons (Fsp3) is 0.417. The van der Waals surface area contributed by atoms with Crippen LogP contribution in [0.4, 0.5) is 18.9 Å². The van der Waals surface area contributed by atoms with E-state index in [2.05, 4.69) is 5.32 Å². The number of benzene rings is 1. The number of alkyl halides is 3. The van der Waals surface area contributed by atoms with Crippen molar-refractivity contribution < 1.29 is 13.2 Å². The van der Waals surface area contributed by atoms with Crippen molar-refractivity contribution in [3.63, 3.8) is 0 Å². The van der Waals surface area contributed by atoms with Gasteiger partial charge in [0.25, 0.3) is 0 Å². The predicted octanol–water partition coefficient (Wildman–Crippen LogP) is 3.40. The van der Waals surface area contributed by atoms with Crippen LogP contribution in [0.15, 0.2) is 18.2 Å². The Hall–Kier alpha value is -1.70. The molecule has 0 saturated heterocycles. The van der Waals surface area contributed by atoms with Crippen molar-refractivity contribution in [1.82, 2.24) is 0 Å².